The molecule has 0 radical (unpaired) electrons. The van der Waals surface area contributed by atoms with Crippen molar-refractivity contribution in [2.75, 3.05) is 51.6 Å². The number of nitrogens with zero attached hydrogens (tertiary/aromatic N) is 3. The first-order chi connectivity index (χ1) is 11.5. The van der Waals surface area contributed by atoms with E-state index >= 15 is 0 Å². The molecule has 0 spiro atoms. The molecule has 0 bridgehead atoms. The SMILES string of the molecule is CC(C)c1cccc(NC(N)=NCCCN2CCCN(C)CC2)c1.I. The standard InChI is InChI=1S/C19H33N5.HI/c1-16(2)17-7-4-8-18(15-17)22-19(20)21-9-5-11-24-12-6-10-23(3)13-14-24;/h4,7-8,15-16H,5-6,9-14H2,1-3H3,(H3,20,21,22);1H. The Morgan fingerprint density at radius 2 is 2.04 bits per heavy atom. The Labute approximate surface area is 170 Å². The molecule has 1 aromatic rings. The van der Waals surface area contributed by atoms with Crippen LogP contribution in [0.25, 0.3) is 0 Å². The Kier molecular flexibility index (Phi) is 10.4. The number of rotatable bonds is 6. The molecular weight excluding hydrogens is 425 g/mol. The van der Waals surface area contributed by atoms with Crippen molar-refractivity contribution in [1.82, 2.24) is 9.80 Å². The van der Waals surface area contributed by atoms with Crippen molar-refractivity contribution in [2.24, 2.45) is 10.7 Å². The van der Waals surface area contributed by atoms with Crippen LogP contribution in [0.2, 0.25) is 0 Å². The van der Waals surface area contributed by atoms with E-state index in [0.717, 1.165) is 31.7 Å². The summed E-state index contributed by atoms with van der Waals surface area (Å²) >= 11 is 0. The highest BCUT2D eigenvalue weighted by molar-refractivity contribution is 14.0. The van der Waals surface area contributed by atoms with E-state index in [9.17, 15) is 0 Å². The number of nitrogens with two attached hydrogens (primary N) is 1. The number of hydrogen-bond donors (Lipinski definition) is 2. The Morgan fingerprint density at radius 1 is 1.24 bits per heavy atom. The molecule has 25 heavy (non-hydrogen) atoms. The minimum atomic E-state index is 0. The number of likely N-dealkylation sites (N-methyl/N-ethyl adjacent to an activating group) is 1. The monoisotopic (exact) mass is 459 g/mol. The molecule has 2 rings (SSSR count). The maximum atomic E-state index is 6.01. The lowest BCUT2D eigenvalue weighted by Gasteiger charge is -2.19. The number of halogens is 1. The lowest BCUT2D eigenvalue weighted by atomic mass is 10.0. The second-order valence-electron chi connectivity index (χ2n) is 7.02. The van der Waals surface area contributed by atoms with Crippen LogP contribution < -0.4 is 11.1 Å². The highest BCUT2D eigenvalue weighted by atomic mass is 127. The number of aliphatic imine (C=N–C) groups is 1. The zero-order valence-corrected chi connectivity index (χ0v) is 18.2. The van der Waals surface area contributed by atoms with E-state index in [4.69, 9.17) is 5.73 Å². The molecule has 0 unspecified atom stereocenters. The van der Waals surface area contributed by atoms with Gasteiger partial charge >= 0.3 is 0 Å². The lowest BCUT2D eigenvalue weighted by molar-refractivity contribution is 0.275. The van der Waals surface area contributed by atoms with Gasteiger partial charge in [0.1, 0.15) is 0 Å². The molecule has 3 N–H and O–H groups in total. The molecule has 0 aliphatic carbocycles. The average molecular weight is 459 g/mol. The molecule has 5 nitrogen and oxygen atoms in total. The molecule has 1 aromatic carbocycles. The summed E-state index contributed by atoms with van der Waals surface area (Å²) in [6, 6.07) is 8.37. The van der Waals surface area contributed by atoms with Gasteiger partial charge < -0.3 is 20.9 Å². The van der Waals surface area contributed by atoms with E-state index in [2.05, 4.69) is 59.2 Å². The summed E-state index contributed by atoms with van der Waals surface area (Å²) in [6.45, 7) is 11.0. The first-order valence-corrected chi connectivity index (χ1v) is 9.12. The van der Waals surface area contributed by atoms with Gasteiger partial charge in [0.25, 0.3) is 0 Å². The predicted octanol–water partition coefficient (Wildman–Crippen LogP) is 3.18. The normalized spacial score (nSPS) is 17.2. The Balaban J connectivity index is 0.00000312. The minimum absolute atomic E-state index is 0. The molecule has 142 valence electrons. The topological polar surface area (TPSA) is 56.9 Å². The van der Waals surface area contributed by atoms with Crippen LogP contribution >= 0.6 is 24.0 Å². The van der Waals surface area contributed by atoms with Crippen LogP contribution in [-0.4, -0.2) is 62.1 Å². The van der Waals surface area contributed by atoms with Crippen LogP contribution in [0.4, 0.5) is 5.69 Å². The molecule has 0 amide bonds. The number of hydrogen-bond acceptors (Lipinski definition) is 3. The molecule has 0 atom stereocenters. The summed E-state index contributed by atoms with van der Waals surface area (Å²) < 4.78 is 0. The second kappa shape index (κ2) is 11.7. The van der Waals surface area contributed by atoms with E-state index in [1.165, 1.54) is 31.6 Å². The summed E-state index contributed by atoms with van der Waals surface area (Å²) in [5, 5.41) is 3.20. The third-order valence-electron chi connectivity index (χ3n) is 4.55. The van der Waals surface area contributed by atoms with E-state index < -0.39 is 0 Å². The maximum Gasteiger partial charge on any atom is 0.193 e. The first kappa shape index (κ1) is 22.2. The number of anilines is 1. The van der Waals surface area contributed by atoms with Crippen molar-refractivity contribution in [3.8, 4) is 0 Å². The summed E-state index contributed by atoms with van der Waals surface area (Å²) in [6.07, 6.45) is 2.31. The molecule has 1 heterocycles. The van der Waals surface area contributed by atoms with Gasteiger partial charge in [0, 0.05) is 25.3 Å². The van der Waals surface area contributed by atoms with Gasteiger partial charge in [0.2, 0.25) is 0 Å². The molecule has 1 fully saturated rings. The number of guanidine groups is 1. The summed E-state index contributed by atoms with van der Waals surface area (Å²) in [5.41, 5.74) is 8.33. The van der Waals surface area contributed by atoms with Gasteiger partial charge in [-0.15, -0.1) is 24.0 Å². The highest BCUT2D eigenvalue weighted by Gasteiger charge is 2.11. The van der Waals surface area contributed by atoms with Crippen molar-refractivity contribution in [3.05, 3.63) is 29.8 Å². The highest BCUT2D eigenvalue weighted by Crippen LogP contribution is 2.18. The van der Waals surface area contributed by atoms with Crippen LogP contribution in [0.1, 0.15) is 38.2 Å². The third-order valence-corrected chi connectivity index (χ3v) is 4.55. The number of nitrogens with one attached hydrogen (secondary N) is 1. The largest absolute Gasteiger partial charge is 0.370 e. The van der Waals surface area contributed by atoms with Gasteiger partial charge in [-0.25, -0.2) is 0 Å². The van der Waals surface area contributed by atoms with Gasteiger partial charge in [-0.1, -0.05) is 26.0 Å². The Bertz CT molecular complexity index is 532. The van der Waals surface area contributed by atoms with Crippen LogP contribution in [0.3, 0.4) is 0 Å². The fraction of sp³-hybridized carbons (Fsp3) is 0.632. The minimum Gasteiger partial charge on any atom is -0.370 e. The van der Waals surface area contributed by atoms with Crippen LogP contribution in [0, 0.1) is 0 Å². The van der Waals surface area contributed by atoms with Gasteiger partial charge in [-0.05, 0) is 63.1 Å². The first-order valence-electron chi connectivity index (χ1n) is 9.12. The van der Waals surface area contributed by atoms with Crippen molar-refractivity contribution >= 4 is 35.6 Å². The van der Waals surface area contributed by atoms with E-state index in [0.29, 0.717) is 11.9 Å². The average Bonchev–Trinajstić information content (AvgIpc) is 2.76. The zero-order valence-electron chi connectivity index (χ0n) is 15.9. The molecule has 6 heteroatoms. The zero-order chi connectivity index (χ0) is 17.4. The van der Waals surface area contributed by atoms with Crippen LogP contribution in [-0.2, 0) is 0 Å². The van der Waals surface area contributed by atoms with Gasteiger partial charge in [0.15, 0.2) is 5.96 Å². The number of benzene rings is 1. The van der Waals surface area contributed by atoms with Crippen molar-refractivity contribution in [1.29, 1.82) is 0 Å². The lowest BCUT2D eigenvalue weighted by Crippen LogP contribution is -2.30. The quantitative estimate of drug-likeness (QED) is 0.297. The fourth-order valence-corrected chi connectivity index (χ4v) is 2.98. The Morgan fingerprint density at radius 3 is 2.80 bits per heavy atom. The van der Waals surface area contributed by atoms with Gasteiger partial charge in [0.05, 0.1) is 0 Å². The summed E-state index contributed by atoms with van der Waals surface area (Å²) in [4.78, 5) is 9.41. The molecule has 1 saturated heterocycles. The van der Waals surface area contributed by atoms with Crippen LogP contribution in [0.5, 0.6) is 0 Å². The van der Waals surface area contributed by atoms with Gasteiger partial charge in [-0.2, -0.15) is 0 Å². The van der Waals surface area contributed by atoms with Crippen LogP contribution in [0.15, 0.2) is 29.3 Å². The summed E-state index contributed by atoms with van der Waals surface area (Å²) in [7, 11) is 2.20. The van der Waals surface area contributed by atoms with Crippen molar-refractivity contribution in [3.63, 3.8) is 0 Å². The summed E-state index contributed by atoms with van der Waals surface area (Å²) in [5.74, 6) is 1.02. The predicted molar refractivity (Wildman–Crippen MR) is 119 cm³/mol. The Hall–Kier alpha value is -0.860. The van der Waals surface area contributed by atoms with E-state index in [1.807, 2.05) is 6.07 Å². The van der Waals surface area contributed by atoms with E-state index in [1.54, 1.807) is 0 Å². The van der Waals surface area contributed by atoms with E-state index in [-0.39, 0.29) is 24.0 Å². The third kappa shape index (κ3) is 8.37. The molecule has 0 saturated carbocycles. The fourth-order valence-electron chi connectivity index (χ4n) is 2.98. The smallest absolute Gasteiger partial charge is 0.193 e. The molecule has 0 aromatic heterocycles. The van der Waals surface area contributed by atoms with Crippen molar-refractivity contribution in [2.45, 2.75) is 32.6 Å². The maximum absolute atomic E-state index is 6.01. The second-order valence-corrected chi connectivity index (χ2v) is 7.02. The van der Waals surface area contributed by atoms with Crippen molar-refractivity contribution < 1.29 is 0 Å². The molecule has 1 aliphatic rings. The molecule has 1 aliphatic heterocycles. The van der Waals surface area contributed by atoms with Gasteiger partial charge in [-0.3, -0.25) is 4.99 Å². The molecular formula is C19H34IN5.